The van der Waals surface area contributed by atoms with Crippen molar-refractivity contribution < 1.29 is 139 Å². The van der Waals surface area contributed by atoms with Gasteiger partial charge in [-0.3, -0.25) is 0 Å². The van der Waals surface area contributed by atoms with E-state index >= 15 is 0 Å². The van der Waals surface area contributed by atoms with Crippen LogP contribution in [0, 0.1) is 50.2 Å². The van der Waals surface area contributed by atoms with Gasteiger partial charge >= 0.3 is 0 Å². The molecule has 4 saturated carbocycles. The number of hydrogen-bond donors (Lipinski definition) is 18. The van der Waals surface area contributed by atoms with E-state index in [9.17, 15) is 91.9 Å². The molecule has 9 rings (SSSR count). The summed E-state index contributed by atoms with van der Waals surface area (Å²) in [6.07, 6.45) is -33.9. The Bertz CT molecular complexity index is 2370. The average Bonchev–Trinajstić information content (AvgIpc) is 0.680. The molecule has 5 aliphatic carbocycles. The molecule has 18 N–H and O–H groups in total. The average molecular weight is 1290 g/mol. The Hall–Kier alpha value is -1.38. The van der Waals surface area contributed by atoms with Gasteiger partial charge in [0, 0.05) is 5.41 Å². The molecular weight excluding hydrogens is 1180 g/mol. The Morgan fingerprint density at radius 1 is 0.573 bits per heavy atom. The van der Waals surface area contributed by atoms with Crippen LogP contribution in [-0.4, -0.2) is 297 Å². The van der Waals surface area contributed by atoms with Gasteiger partial charge in [0.25, 0.3) is 0 Å². The maximum absolute atomic E-state index is 12.7. The van der Waals surface area contributed by atoms with Gasteiger partial charge in [-0.2, -0.15) is 0 Å². The van der Waals surface area contributed by atoms with Crippen LogP contribution in [0.25, 0.3) is 0 Å². The minimum absolute atomic E-state index is 0.0854. The normalized spacial score (nSPS) is 51.1. The zero-order valence-electron chi connectivity index (χ0n) is 52.4. The highest BCUT2D eigenvalue weighted by molar-refractivity contribution is 5.35. The van der Waals surface area contributed by atoms with Gasteiger partial charge in [0.15, 0.2) is 31.5 Å². The number of rotatable bonds is 20. The van der Waals surface area contributed by atoms with Crippen LogP contribution < -0.4 is 0 Å². The Morgan fingerprint density at radius 2 is 1.16 bits per heavy atom. The molecule has 0 aromatic carbocycles. The predicted molar refractivity (Wildman–Crippen MR) is 303 cm³/mol. The summed E-state index contributed by atoms with van der Waals surface area (Å²) in [4.78, 5) is 0. The van der Waals surface area contributed by atoms with E-state index in [0.717, 1.165) is 24.8 Å². The zero-order chi connectivity index (χ0) is 65.6. The standard InChI is InChI=1S/C61H104O28/c1-25-37(66)42(71)47(76)53(83-25)89-49-45(74)41(70)33(23-81-52-46(75)43(72)39(68)31(21-64)85-52)87-55(49)82-24-61-17-16-59(8)27(28(61)18-56(3,4)50(78)51(61)79)10-11-35-58(7)14-13-36(57(5,6)34(58)12-15-60(35,59)9)88-54-48(77)44(73)40(69)32(86-54)22-80-26(2)84-30(20-63)38(67)29(65)19-62/h10,25-26,28-55,62-79H,11-24H2,1-9H3/t25?,26?,28?,29?,30?,31?,32?,33?,34?,35?,36-,37-,38-,39+,40+,41+,42?,43?,44?,45?,46?,47?,48?,49?,50-,51-,52+,53-,54-,55+,58-,59+,60+,61-/m0/s1. The Kier molecular flexibility index (Phi) is 22.0. The second-order valence-electron chi connectivity index (χ2n) is 29.3. The Balaban J connectivity index is 0.943. The lowest BCUT2D eigenvalue weighted by Crippen LogP contribution is -2.69. The lowest BCUT2D eigenvalue weighted by atomic mass is 9.33. The van der Waals surface area contributed by atoms with Crippen LogP contribution in [0.5, 0.6) is 0 Å². The first kappa shape index (κ1) is 71.9. The molecule has 9 aliphatic rings. The SMILES string of the molecule is CC(OCC1O[C@@H](O[C@H]2CC[C@@]3(C)C(CC[C@]4(C)C3CC=C3C5CC(C)(C)[C@@H](O)[C@H](O)[C@]5(CO[C@@H]5OC(CO[C@@H]6OC(CO)[C@@H](O)C(O)C6O)[C@@H](O)C(O)C5O[C@@H]5OC(C)[C@H](O)C(O)C5O)CC[C@]34C)C2(C)C)C(O)C(O)[C@@H]1O)OC(CO)[C@@H](O)C(O)CO. The molecule has 0 bridgehead atoms. The molecule has 4 aliphatic heterocycles. The summed E-state index contributed by atoms with van der Waals surface area (Å²) in [5, 5.41) is 195. The van der Waals surface area contributed by atoms with Gasteiger partial charge in [-0.25, -0.2) is 0 Å². The molecule has 0 radical (unpaired) electrons. The number of aliphatic hydroxyl groups is 18. The largest absolute Gasteiger partial charge is 0.394 e. The molecule has 34 atom stereocenters. The van der Waals surface area contributed by atoms with E-state index in [1.54, 1.807) is 0 Å². The summed E-state index contributed by atoms with van der Waals surface area (Å²) in [6, 6.07) is 0. The van der Waals surface area contributed by atoms with E-state index in [1.807, 2.05) is 13.8 Å². The number of ether oxygens (including phenoxy) is 10. The summed E-state index contributed by atoms with van der Waals surface area (Å²) >= 11 is 0. The highest BCUT2D eigenvalue weighted by Gasteiger charge is 2.71. The summed E-state index contributed by atoms with van der Waals surface area (Å²) in [5.41, 5.74) is -2.45. The van der Waals surface area contributed by atoms with Gasteiger partial charge in [0.1, 0.15) is 110 Å². The van der Waals surface area contributed by atoms with Gasteiger partial charge in [-0.15, -0.1) is 0 Å². The minimum Gasteiger partial charge on any atom is -0.394 e. The van der Waals surface area contributed by atoms with Crippen molar-refractivity contribution in [2.75, 3.05) is 39.6 Å². The highest BCUT2D eigenvalue weighted by atomic mass is 16.8. The highest BCUT2D eigenvalue weighted by Crippen LogP contribution is 2.76. The van der Waals surface area contributed by atoms with Crippen LogP contribution in [0.3, 0.4) is 0 Å². The van der Waals surface area contributed by atoms with Gasteiger partial charge in [-0.1, -0.05) is 60.1 Å². The van der Waals surface area contributed by atoms with Crippen LogP contribution in [0.4, 0.5) is 0 Å². The molecule has 516 valence electrons. The summed E-state index contributed by atoms with van der Waals surface area (Å²) in [7, 11) is 0. The Morgan fingerprint density at radius 3 is 1.80 bits per heavy atom. The zero-order valence-corrected chi connectivity index (χ0v) is 52.4. The molecule has 4 saturated heterocycles. The first-order chi connectivity index (χ1) is 41.6. The van der Waals surface area contributed by atoms with Crippen molar-refractivity contribution in [1.29, 1.82) is 0 Å². The number of allylic oxidation sites excluding steroid dienone is 2. The monoisotopic (exact) mass is 1280 g/mol. The summed E-state index contributed by atoms with van der Waals surface area (Å²) in [5.74, 6) is -0.179. The van der Waals surface area contributed by atoms with Crippen LogP contribution >= 0.6 is 0 Å². The third-order valence-electron chi connectivity index (χ3n) is 23.5. The van der Waals surface area contributed by atoms with Crippen molar-refractivity contribution >= 4 is 0 Å². The van der Waals surface area contributed by atoms with Crippen molar-refractivity contribution in [3.63, 3.8) is 0 Å². The van der Waals surface area contributed by atoms with Crippen molar-refractivity contribution in [1.82, 2.24) is 0 Å². The molecule has 8 fully saturated rings. The third kappa shape index (κ3) is 12.7. The molecule has 18 unspecified atom stereocenters. The number of fused-ring (bicyclic) bond motifs is 7. The first-order valence-electron chi connectivity index (χ1n) is 31.8. The molecule has 4 heterocycles. The quantitative estimate of drug-likeness (QED) is 0.0313. The van der Waals surface area contributed by atoms with Crippen LogP contribution in [0.1, 0.15) is 114 Å². The van der Waals surface area contributed by atoms with Gasteiger partial charge < -0.3 is 139 Å². The maximum Gasteiger partial charge on any atom is 0.187 e. The van der Waals surface area contributed by atoms with E-state index in [0.29, 0.717) is 32.1 Å². The topological polar surface area (TPSA) is 456 Å². The van der Waals surface area contributed by atoms with E-state index in [4.69, 9.17) is 47.4 Å². The minimum atomic E-state index is -1.91. The fraction of sp³-hybridized carbons (Fsp3) is 0.967. The maximum atomic E-state index is 12.7. The van der Waals surface area contributed by atoms with Crippen LogP contribution in [0.2, 0.25) is 0 Å². The molecule has 0 aromatic heterocycles. The summed E-state index contributed by atoms with van der Waals surface area (Å²) in [6.45, 7) is 14.5. The van der Waals surface area contributed by atoms with E-state index < -0.39 is 220 Å². The summed E-state index contributed by atoms with van der Waals surface area (Å²) < 4.78 is 60.4. The number of hydrogen-bond acceptors (Lipinski definition) is 28. The molecule has 89 heavy (non-hydrogen) atoms. The van der Waals surface area contributed by atoms with Crippen LogP contribution in [0.15, 0.2) is 11.6 Å². The molecular formula is C61H104O28. The van der Waals surface area contributed by atoms with Crippen molar-refractivity contribution in [3.05, 3.63) is 11.6 Å². The van der Waals surface area contributed by atoms with E-state index in [1.165, 1.54) is 13.8 Å². The van der Waals surface area contributed by atoms with Gasteiger partial charge in [0.2, 0.25) is 0 Å². The fourth-order valence-electron chi connectivity index (χ4n) is 17.7. The lowest BCUT2D eigenvalue weighted by Gasteiger charge is -2.72. The molecule has 0 spiro atoms. The van der Waals surface area contributed by atoms with Crippen molar-refractivity contribution in [2.45, 2.75) is 279 Å². The van der Waals surface area contributed by atoms with Crippen LogP contribution in [-0.2, 0) is 47.4 Å². The Labute approximate surface area is 518 Å². The number of aliphatic hydroxyl groups excluding tert-OH is 18. The molecule has 28 heteroatoms. The smallest absolute Gasteiger partial charge is 0.187 e. The molecule has 0 amide bonds. The van der Waals surface area contributed by atoms with Gasteiger partial charge in [-0.05, 0) is 110 Å². The predicted octanol–water partition coefficient (Wildman–Crippen LogP) is -4.13. The second-order valence-corrected chi connectivity index (χ2v) is 29.3. The van der Waals surface area contributed by atoms with Gasteiger partial charge in [0.05, 0.1) is 64.1 Å². The lowest BCUT2D eigenvalue weighted by molar-refractivity contribution is -0.374. The van der Waals surface area contributed by atoms with E-state index in [-0.39, 0.29) is 35.9 Å². The molecule has 0 aromatic rings. The first-order valence-corrected chi connectivity index (χ1v) is 31.8. The molecule has 28 nitrogen and oxygen atoms in total. The van der Waals surface area contributed by atoms with E-state index in [2.05, 4.69) is 40.7 Å². The van der Waals surface area contributed by atoms with Crippen molar-refractivity contribution in [3.8, 4) is 0 Å². The second kappa shape index (κ2) is 27.3. The fourth-order valence-corrected chi connectivity index (χ4v) is 17.7. The third-order valence-corrected chi connectivity index (χ3v) is 23.5. The van der Waals surface area contributed by atoms with Crippen molar-refractivity contribution in [2.24, 2.45) is 50.2 Å².